The van der Waals surface area contributed by atoms with Crippen molar-refractivity contribution < 1.29 is 0 Å². The second-order valence-electron chi connectivity index (χ2n) is 1.64. The molecule has 1 aliphatic rings. The van der Waals surface area contributed by atoms with Gasteiger partial charge in [-0.05, 0) is 12.2 Å². The lowest BCUT2D eigenvalue weighted by Gasteiger charge is -2.11. The van der Waals surface area contributed by atoms with Gasteiger partial charge in [-0.2, -0.15) is 0 Å². The lowest BCUT2D eigenvalue weighted by molar-refractivity contribution is 0.547. The van der Waals surface area contributed by atoms with Crippen LogP contribution in [0.4, 0.5) is 0 Å². The van der Waals surface area contributed by atoms with E-state index in [1.165, 1.54) is 0 Å². The molecular weight excluding hydrogens is 140 g/mol. The molecule has 0 radical (unpaired) electrons. The molecule has 46 valence electrons. The maximum absolute atomic E-state index is 5.34. The normalized spacial score (nSPS) is 19.2. The molecule has 0 spiro atoms. The van der Waals surface area contributed by atoms with Gasteiger partial charge in [-0.25, -0.2) is 0 Å². The van der Waals surface area contributed by atoms with Crippen molar-refractivity contribution in [1.82, 2.24) is 4.90 Å². The van der Waals surface area contributed by atoms with E-state index in [2.05, 4.69) is 0 Å². The summed E-state index contributed by atoms with van der Waals surface area (Å²) in [5, 5.41) is 0.537. The molecule has 1 saturated heterocycles. The highest BCUT2D eigenvalue weighted by atomic mass is 32.2. The van der Waals surface area contributed by atoms with E-state index < -0.39 is 0 Å². The van der Waals surface area contributed by atoms with Crippen LogP contribution in [-0.4, -0.2) is 28.2 Å². The fraction of sp³-hybridized carbons (Fsp3) is 0.750. The first-order chi connectivity index (χ1) is 3.80. The minimum Gasteiger partial charge on any atom is -0.376 e. The zero-order chi connectivity index (χ0) is 5.98. The summed E-state index contributed by atoms with van der Waals surface area (Å²) in [4.78, 5) is 2.00. The van der Waals surface area contributed by atoms with Gasteiger partial charge in [-0.15, -0.1) is 11.8 Å². The standard InChI is InChI=1S/C4H8N2S2/c5-4(7)6-1-2-8-3-6/h1-3H2,(H2,5,7). The molecule has 8 heavy (non-hydrogen) atoms. The summed E-state index contributed by atoms with van der Waals surface area (Å²) in [6.07, 6.45) is 0. The van der Waals surface area contributed by atoms with Crippen LogP contribution in [0, 0.1) is 0 Å². The lowest BCUT2D eigenvalue weighted by Crippen LogP contribution is -2.32. The molecule has 0 amide bonds. The average molecular weight is 148 g/mol. The molecule has 2 N–H and O–H groups in total. The van der Waals surface area contributed by atoms with Gasteiger partial charge in [-0.1, -0.05) is 0 Å². The van der Waals surface area contributed by atoms with Crippen molar-refractivity contribution in [2.75, 3.05) is 18.2 Å². The van der Waals surface area contributed by atoms with Crippen molar-refractivity contribution in [3.8, 4) is 0 Å². The Hall–Kier alpha value is 0.0400. The second kappa shape index (κ2) is 2.55. The zero-order valence-electron chi connectivity index (χ0n) is 4.46. The van der Waals surface area contributed by atoms with E-state index in [-0.39, 0.29) is 0 Å². The number of hydrogen-bond donors (Lipinski definition) is 1. The highest BCUT2D eigenvalue weighted by molar-refractivity contribution is 7.99. The summed E-state index contributed by atoms with van der Waals surface area (Å²) in [7, 11) is 0. The summed E-state index contributed by atoms with van der Waals surface area (Å²) in [5.74, 6) is 2.15. The molecule has 0 aromatic rings. The molecule has 0 aromatic heterocycles. The van der Waals surface area contributed by atoms with Gasteiger partial charge in [0.25, 0.3) is 0 Å². The fourth-order valence-corrected chi connectivity index (χ4v) is 1.79. The van der Waals surface area contributed by atoms with Crippen LogP contribution in [0.3, 0.4) is 0 Å². The SMILES string of the molecule is NC(=S)N1CCSC1. The number of thiocarbonyl (C=S) groups is 1. The molecule has 1 heterocycles. The highest BCUT2D eigenvalue weighted by Gasteiger charge is 2.11. The number of rotatable bonds is 0. The first kappa shape index (κ1) is 6.16. The molecule has 1 fully saturated rings. The Morgan fingerprint density at radius 1 is 1.75 bits per heavy atom. The minimum atomic E-state index is 0.537. The van der Waals surface area contributed by atoms with Gasteiger partial charge in [-0.3, -0.25) is 0 Å². The van der Waals surface area contributed by atoms with Crippen LogP contribution in [-0.2, 0) is 0 Å². The molecule has 4 heteroatoms. The molecule has 1 rings (SSSR count). The summed E-state index contributed by atoms with van der Waals surface area (Å²) in [6.45, 7) is 1.03. The third-order valence-corrected chi connectivity index (χ3v) is 2.29. The average Bonchev–Trinajstić information content (AvgIpc) is 2.12. The molecule has 0 aliphatic carbocycles. The molecule has 0 saturated carbocycles. The van der Waals surface area contributed by atoms with Gasteiger partial charge >= 0.3 is 0 Å². The Balaban J connectivity index is 2.35. The molecule has 0 unspecified atom stereocenters. The van der Waals surface area contributed by atoms with E-state index >= 15 is 0 Å². The topological polar surface area (TPSA) is 29.3 Å². The van der Waals surface area contributed by atoms with Crippen molar-refractivity contribution >= 4 is 29.1 Å². The van der Waals surface area contributed by atoms with Gasteiger partial charge in [0.05, 0.1) is 5.88 Å². The number of nitrogens with two attached hydrogens (primary N) is 1. The first-order valence-electron chi connectivity index (χ1n) is 2.43. The van der Waals surface area contributed by atoms with Crippen molar-refractivity contribution in [2.24, 2.45) is 5.73 Å². The van der Waals surface area contributed by atoms with Gasteiger partial charge < -0.3 is 10.6 Å². The monoisotopic (exact) mass is 148 g/mol. The Morgan fingerprint density at radius 2 is 2.50 bits per heavy atom. The van der Waals surface area contributed by atoms with E-state index in [0.717, 1.165) is 18.2 Å². The van der Waals surface area contributed by atoms with Gasteiger partial charge in [0, 0.05) is 12.3 Å². The summed E-state index contributed by atoms with van der Waals surface area (Å²) in [5.41, 5.74) is 5.34. The number of hydrogen-bond acceptors (Lipinski definition) is 2. The second-order valence-corrected chi connectivity index (χ2v) is 3.13. The Labute approximate surface area is 58.4 Å². The molecule has 1 aliphatic heterocycles. The van der Waals surface area contributed by atoms with Crippen molar-refractivity contribution in [1.29, 1.82) is 0 Å². The maximum atomic E-state index is 5.34. The summed E-state index contributed by atoms with van der Waals surface area (Å²) >= 11 is 6.61. The smallest absolute Gasteiger partial charge is 0.167 e. The first-order valence-corrected chi connectivity index (χ1v) is 3.99. The summed E-state index contributed by atoms with van der Waals surface area (Å²) < 4.78 is 0. The van der Waals surface area contributed by atoms with Crippen molar-refractivity contribution in [2.45, 2.75) is 0 Å². The predicted octanol–water partition coefficient (Wildman–Crippen LogP) is 0.236. The number of nitrogens with zero attached hydrogens (tertiary/aromatic N) is 1. The molecule has 0 atom stereocenters. The minimum absolute atomic E-state index is 0.537. The fourth-order valence-electron chi connectivity index (χ4n) is 0.588. The third kappa shape index (κ3) is 1.26. The van der Waals surface area contributed by atoms with E-state index in [1.54, 1.807) is 0 Å². The third-order valence-electron chi connectivity index (χ3n) is 1.06. The zero-order valence-corrected chi connectivity index (χ0v) is 6.10. The van der Waals surface area contributed by atoms with Crippen LogP contribution in [0.15, 0.2) is 0 Å². The molecule has 0 bridgehead atoms. The van der Waals surface area contributed by atoms with Crippen LogP contribution < -0.4 is 5.73 Å². The van der Waals surface area contributed by atoms with Crippen LogP contribution in [0.5, 0.6) is 0 Å². The Bertz CT molecular complexity index is 98.2. The molecular formula is C4H8N2S2. The highest BCUT2D eigenvalue weighted by Crippen LogP contribution is 2.11. The Morgan fingerprint density at radius 3 is 2.75 bits per heavy atom. The van der Waals surface area contributed by atoms with E-state index in [9.17, 15) is 0 Å². The molecule has 0 aromatic carbocycles. The van der Waals surface area contributed by atoms with Crippen LogP contribution in [0.25, 0.3) is 0 Å². The predicted molar refractivity (Wildman–Crippen MR) is 40.8 cm³/mol. The maximum Gasteiger partial charge on any atom is 0.167 e. The summed E-state index contributed by atoms with van der Waals surface area (Å²) in [6, 6.07) is 0. The van der Waals surface area contributed by atoms with E-state index in [1.807, 2.05) is 16.7 Å². The lowest BCUT2D eigenvalue weighted by atomic mass is 10.7. The van der Waals surface area contributed by atoms with Gasteiger partial charge in [0.2, 0.25) is 0 Å². The van der Waals surface area contributed by atoms with E-state index in [4.69, 9.17) is 18.0 Å². The van der Waals surface area contributed by atoms with Crippen LogP contribution in [0.1, 0.15) is 0 Å². The number of thioether (sulfide) groups is 1. The Kier molecular flexibility index (Phi) is 1.96. The van der Waals surface area contributed by atoms with Crippen molar-refractivity contribution in [3.05, 3.63) is 0 Å². The largest absolute Gasteiger partial charge is 0.376 e. The van der Waals surface area contributed by atoms with Crippen molar-refractivity contribution in [3.63, 3.8) is 0 Å². The van der Waals surface area contributed by atoms with Crippen LogP contribution in [0.2, 0.25) is 0 Å². The van der Waals surface area contributed by atoms with Gasteiger partial charge in [0.15, 0.2) is 5.11 Å². The quantitative estimate of drug-likeness (QED) is 0.498. The van der Waals surface area contributed by atoms with Crippen LogP contribution >= 0.6 is 24.0 Å². The van der Waals surface area contributed by atoms with E-state index in [0.29, 0.717) is 5.11 Å². The van der Waals surface area contributed by atoms with Gasteiger partial charge in [0.1, 0.15) is 0 Å². The molecule has 2 nitrogen and oxygen atoms in total.